The van der Waals surface area contributed by atoms with Crippen LogP contribution in [0.2, 0.25) is 0 Å². The average molecular weight is 421 g/mol. The molecule has 1 aliphatic heterocycles. The first kappa shape index (κ1) is 21.7. The van der Waals surface area contributed by atoms with E-state index in [0.29, 0.717) is 19.0 Å². The van der Waals surface area contributed by atoms with E-state index in [9.17, 15) is 26.7 Å². The van der Waals surface area contributed by atoms with E-state index in [0.717, 1.165) is 0 Å². The first-order valence-corrected chi connectivity index (χ1v) is 9.63. The number of carbonyl (C=O) groups is 1. The summed E-state index contributed by atoms with van der Waals surface area (Å²) in [5, 5.41) is 11.8. The summed E-state index contributed by atoms with van der Waals surface area (Å²) < 4.78 is 67.5. The third-order valence-electron chi connectivity index (χ3n) is 5.70. The molecule has 2 N–H and O–H groups in total. The Morgan fingerprint density at radius 3 is 2.62 bits per heavy atom. The van der Waals surface area contributed by atoms with Crippen LogP contribution in [-0.4, -0.2) is 47.7 Å². The number of anilines is 1. The van der Waals surface area contributed by atoms with Gasteiger partial charge in [0.15, 0.2) is 0 Å². The van der Waals surface area contributed by atoms with Gasteiger partial charge in [-0.15, -0.1) is 0 Å². The number of aliphatic hydroxyl groups excluding tert-OH is 1. The summed E-state index contributed by atoms with van der Waals surface area (Å²) in [4.78, 5) is 18.2. The van der Waals surface area contributed by atoms with Gasteiger partial charge in [-0.1, -0.05) is 0 Å². The zero-order valence-electron chi connectivity index (χ0n) is 16.0. The van der Waals surface area contributed by atoms with Crippen LogP contribution in [0.15, 0.2) is 6.20 Å². The van der Waals surface area contributed by atoms with E-state index in [1.807, 2.05) is 0 Å². The molecule has 1 amide bonds. The van der Waals surface area contributed by atoms with E-state index in [4.69, 9.17) is 5.11 Å². The number of aromatic nitrogens is 1. The van der Waals surface area contributed by atoms with Crippen molar-refractivity contribution in [1.29, 1.82) is 0 Å². The van der Waals surface area contributed by atoms with E-state index in [1.165, 1.54) is 11.8 Å². The van der Waals surface area contributed by atoms with Crippen LogP contribution in [0.4, 0.5) is 27.8 Å². The van der Waals surface area contributed by atoms with Crippen molar-refractivity contribution in [2.45, 2.75) is 57.2 Å². The Bertz CT molecular complexity index is 763. The number of hydrogen-bond acceptors (Lipinski definition) is 4. The highest BCUT2D eigenvalue weighted by Crippen LogP contribution is 2.37. The predicted octanol–water partition coefficient (Wildman–Crippen LogP) is 3.54. The molecule has 5 nitrogen and oxygen atoms in total. The quantitative estimate of drug-likeness (QED) is 0.730. The maximum Gasteiger partial charge on any atom is 0.418 e. The molecule has 1 aromatic heterocycles. The molecule has 0 unspecified atom stereocenters. The zero-order valence-corrected chi connectivity index (χ0v) is 16.0. The first-order valence-electron chi connectivity index (χ1n) is 9.63. The van der Waals surface area contributed by atoms with Gasteiger partial charge in [0.2, 0.25) is 5.92 Å². The molecule has 0 bridgehead atoms. The Kier molecular flexibility index (Phi) is 6.03. The predicted molar refractivity (Wildman–Crippen MR) is 96.1 cm³/mol. The van der Waals surface area contributed by atoms with Crippen LogP contribution in [0.5, 0.6) is 0 Å². The molecular weight excluding hydrogens is 397 g/mol. The third kappa shape index (κ3) is 4.79. The Labute approximate surface area is 165 Å². The fourth-order valence-corrected chi connectivity index (χ4v) is 3.92. The van der Waals surface area contributed by atoms with Crippen molar-refractivity contribution in [3.05, 3.63) is 22.9 Å². The lowest BCUT2D eigenvalue weighted by atomic mass is 9.81. The molecule has 0 spiro atoms. The van der Waals surface area contributed by atoms with Gasteiger partial charge >= 0.3 is 6.18 Å². The molecule has 0 atom stereocenters. The van der Waals surface area contributed by atoms with Crippen molar-refractivity contribution in [2.24, 2.45) is 5.92 Å². The first-order chi connectivity index (χ1) is 13.5. The molecule has 162 valence electrons. The minimum atomic E-state index is -4.69. The van der Waals surface area contributed by atoms with Crippen molar-refractivity contribution >= 4 is 11.7 Å². The van der Waals surface area contributed by atoms with Gasteiger partial charge in [0.05, 0.1) is 11.1 Å². The van der Waals surface area contributed by atoms with E-state index in [-0.39, 0.29) is 61.4 Å². The number of hydrogen-bond donors (Lipinski definition) is 2. The molecule has 1 saturated carbocycles. The lowest BCUT2D eigenvalue weighted by molar-refractivity contribution is -0.138. The Morgan fingerprint density at radius 2 is 2.00 bits per heavy atom. The Balaban J connectivity index is 1.93. The van der Waals surface area contributed by atoms with E-state index >= 15 is 0 Å². The van der Waals surface area contributed by atoms with E-state index in [1.54, 1.807) is 0 Å². The average Bonchev–Trinajstić information content (AvgIpc) is 2.76. The van der Waals surface area contributed by atoms with Gasteiger partial charge in [-0.2, -0.15) is 13.2 Å². The van der Waals surface area contributed by atoms with Crippen LogP contribution in [0.3, 0.4) is 0 Å². The zero-order chi connectivity index (χ0) is 21.4. The summed E-state index contributed by atoms with van der Waals surface area (Å²) in [6.07, 6.45) is -3.55. The number of rotatable bonds is 4. The SMILES string of the molecule is Cc1c(C(F)(F)F)cnc(N2CCCC(F)(F)CC2)c1C(=O)NC1CC(CO)C1. The minimum absolute atomic E-state index is 0.00346. The molecule has 3 rings (SSSR count). The smallest absolute Gasteiger partial charge is 0.396 e. The van der Waals surface area contributed by atoms with Crippen molar-refractivity contribution < 1.29 is 31.9 Å². The lowest BCUT2D eigenvalue weighted by Gasteiger charge is -2.35. The molecule has 1 aliphatic carbocycles. The van der Waals surface area contributed by atoms with Gasteiger partial charge in [-0.05, 0) is 37.7 Å². The molecule has 1 aromatic rings. The lowest BCUT2D eigenvalue weighted by Crippen LogP contribution is -2.46. The second kappa shape index (κ2) is 8.04. The summed E-state index contributed by atoms with van der Waals surface area (Å²) in [5.41, 5.74) is -1.51. The summed E-state index contributed by atoms with van der Waals surface area (Å²) in [7, 11) is 0. The number of carbonyl (C=O) groups excluding carboxylic acids is 1. The Morgan fingerprint density at radius 1 is 1.31 bits per heavy atom. The van der Waals surface area contributed by atoms with Crippen LogP contribution >= 0.6 is 0 Å². The fourth-order valence-electron chi connectivity index (χ4n) is 3.92. The van der Waals surface area contributed by atoms with Crippen molar-refractivity contribution in [3.8, 4) is 0 Å². The normalized spacial score (nSPS) is 24.6. The van der Waals surface area contributed by atoms with Crippen molar-refractivity contribution in [1.82, 2.24) is 10.3 Å². The molecule has 2 heterocycles. The second-order valence-electron chi connectivity index (χ2n) is 7.88. The molecule has 10 heteroatoms. The van der Waals surface area contributed by atoms with Gasteiger partial charge in [0, 0.05) is 44.8 Å². The van der Waals surface area contributed by atoms with Gasteiger partial charge in [-0.3, -0.25) is 4.79 Å². The van der Waals surface area contributed by atoms with Crippen molar-refractivity contribution in [2.75, 3.05) is 24.6 Å². The number of amides is 1. The highest BCUT2D eigenvalue weighted by molar-refractivity contribution is 6.01. The summed E-state index contributed by atoms with van der Waals surface area (Å²) in [6.45, 7) is 1.28. The third-order valence-corrected chi connectivity index (χ3v) is 5.70. The molecule has 29 heavy (non-hydrogen) atoms. The second-order valence-corrected chi connectivity index (χ2v) is 7.88. The van der Waals surface area contributed by atoms with Gasteiger partial charge in [-0.25, -0.2) is 13.8 Å². The molecule has 0 aromatic carbocycles. The largest absolute Gasteiger partial charge is 0.418 e. The fraction of sp³-hybridized carbons (Fsp3) is 0.684. The van der Waals surface area contributed by atoms with Crippen LogP contribution in [0, 0.1) is 12.8 Å². The minimum Gasteiger partial charge on any atom is -0.396 e. The van der Waals surface area contributed by atoms with E-state index < -0.39 is 30.0 Å². The summed E-state index contributed by atoms with van der Waals surface area (Å²) in [5.74, 6) is -3.48. The van der Waals surface area contributed by atoms with Crippen LogP contribution in [0.1, 0.15) is 53.6 Å². The molecule has 1 saturated heterocycles. The number of aliphatic hydroxyl groups is 1. The summed E-state index contributed by atoms with van der Waals surface area (Å²) in [6, 6.07) is -0.241. The maximum absolute atomic E-state index is 13.7. The number of pyridine rings is 1. The monoisotopic (exact) mass is 421 g/mol. The van der Waals surface area contributed by atoms with Crippen LogP contribution < -0.4 is 10.2 Å². The maximum atomic E-state index is 13.7. The van der Waals surface area contributed by atoms with Gasteiger partial charge < -0.3 is 15.3 Å². The van der Waals surface area contributed by atoms with Gasteiger partial charge in [0.25, 0.3) is 5.91 Å². The number of alkyl halides is 5. The highest BCUT2D eigenvalue weighted by Gasteiger charge is 2.39. The van der Waals surface area contributed by atoms with Crippen LogP contribution in [0.25, 0.3) is 0 Å². The van der Waals surface area contributed by atoms with Crippen molar-refractivity contribution in [3.63, 3.8) is 0 Å². The van der Waals surface area contributed by atoms with Crippen LogP contribution in [-0.2, 0) is 6.18 Å². The summed E-state index contributed by atoms with van der Waals surface area (Å²) >= 11 is 0. The molecule has 0 radical (unpaired) electrons. The Hall–Kier alpha value is -1.97. The number of nitrogens with one attached hydrogen (secondary N) is 1. The van der Waals surface area contributed by atoms with E-state index in [2.05, 4.69) is 10.3 Å². The molecule has 2 fully saturated rings. The topological polar surface area (TPSA) is 65.5 Å². The number of nitrogens with zero attached hydrogens (tertiary/aromatic N) is 2. The highest BCUT2D eigenvalue weighted by atomic mass is 19.4. The molecule has 2 aliphatic rings. The number of halogens is 5. The standard InChI is InChI=1S/C19H24F5N3O2/c1-11-14(19(22,23)24)9-25-16(27-5-2-3-18(20,21)4-6-27)15(11)17(29)26-13-7-12(8-13)10-28/h9,12-13,28H,2-8,10H2,1H3,(H,26,29). The van der Waals surface area contributed by atoms with Gasteiger partial charge in [0.1, 0.15) is 5.82 Å². The molecular formula is C19H24F5N3O2.